The molecular weight excluding hydrogens is 178 g/mol. The van der Waals surface area contributed by atoms with Crippen molar-refractivity contribution in [3.8, 4) is 0 Å². The van der Waals surface area contributed by atoms with E-state index in [1.807, 2.05) is 30.2 Å². The average Bonchev–Trinajstić information content (AvgIpc) is 1.83. The first-order chi connectivity index (χ1) is 4.22. The van der Waals surface area contributed by atoms with Gasteiger partial charge in [-0.2, -0.15) is 0 Å². The molecule has 1 aliphatic rings. The molecule has 0 spiro atoms. The zero-order valence-corrected chi connectivity index (χ0v) is 6.85. The molecule has 0 bridgehead atoms. The Kier molecular flexibility index (Phi) is 1.76. The van der Waals surface area contributed by atoms with E-state index in [1.54, 1.807) is 0 Å². The molecule has 0 aromatic heterocycles. The molecular formula is C7H8BrN. The molecule has 0 aliphatic carbocycles. The van der Waals surface area contributed by atoms with Gasteiger partial charge in [0.1, 0.15) is 0 Å². The lowest BCUT2D eigenvalue weighted by atomic mass is 10.3. The Morgan fingerprint density at radius 1 is 1.67 bits per heavy atom. The number of hydrogen-bond acceptors (Lipinski definition) is 1. The van der Waals surface area contributed by atoms with Crippen LogP contribution in [0.2, 0.25) is 0 Å². The van der Waals surface area contributed by atoms with Crippen molar-refractivity contribution in [1.82, 2.24) is 4.90 Å². The highest BCUT2D eigenvalue weighted by molar-refractivity contribution is 9.11. The van der Waals surface area contributed by atoms with Gasteiger partial charge < -0.3 is 4.90 Å². The van der Waals surface area contributed by atoms with Crippen LogP contribution in [-0.4, -0.2) is 11.9 Å². The zero-order chi connectivity index (χ0) is 6.85. The minimum absolute atomic E-state index is 1.00. The third-order valence-corrected chi connectivity index (χ3v) is 2.07. The van der Waals surface area contributed by atoms with Crippen molar-refractivity contribution in [2.45, 2.75) is 0 Å². The molecule has 0 saturated heterocycles. The summed E-state index contributed by atoms with van der Waals surface area (Å²) in [6.07, 6.45) is 5.91. The number of allylic oxidation sites excluding steroid dienone is 3. The fourth-order valence-corrected chi connectivity index (χ4v) is 0.980. The average molecular weight is 186 g/mol. The van der Waals surface area contributed by atoms with Gasteiger partial charge in [0.05, 0.1) is 4.61 Å². The van der Waals surface area contributed by atoms with Crippen molar-refractivity contribution in [1.29, 1.82) is 0 Å². The molecule has 1 aliphatic heterocycles. The molecule has 0 radical (unpaired) electrons. The Morgan fingerprint density at radius 2 is 2.33 bits per heavy atom. The molecule has 0 atom stereocenters. The van der Waals surface area contributed by atoms with E-state index in [-0.39, 0.29) is 0 Å². The number of nitrogens with zero attached hydrogens (tertiary/aromatic N) is 1. The van der Waals surface area contributed by atoms with Crippen LogP contribution in [0, 0.1) is 0 Å². The van der Waals surface area contributed by atoms with Gasteiger partial charge in [0.25, 0.3) is 0 Å². The lowest BCUT2D eigenvalue weighted by molar-refractivity contribution is 0.576. The summed E-state index contributed by atoms with van der Waals surface area (Å²) in [7, 11) is 1.96. The van der Waals surface area contributed by atoms with Crippen LogP contribution in [0.15, 0.2) is 35.1 Å². The molecule has 0 fully saturated rings. The highest BCUT2D eigenvalue weighted by Crippen LogP contribution is 2.19. The van der Waals surface area contributed by atoms with E-state index in [1.165, 1.54) is 0 Å². The fourth-order valence-electron chi connectivity index (χ4n) is 0.599. The van der Waals surface area contributed by atoms with E-state index >= 15 is 0 Å². The van der Waals surface area contributed by atoms with E-state index in [0.717, 1.165) is 10.3 Å². The van der Waals surface area contributed by atoms with Crippen molar-refractivity contribution in [3.63, 3.8) is 0 Å². The van der Waals surface area contributed by atoms with Crippen molar-refractivity contribution in [2.24, 2.45) is 0 Å². The van der Waals surface area contributed by atoms with Gasteiger partial charge in [-0.15, -0.1) is 0 Å². The topological polar surface area (TPSA) is 3.24 Å². The molecule has 0 amide bonds. The normalized spacial score (nSPS) is 18.2. The van der Waals surface area contributed by atoms with E-state index in [4.69, 9.17) is 0 Å². The molecule has 0 N–H and O–H groups in total. The number of rotatable bonds is 0. The van der Waals surface area contributed by atoms with E-state index < -0.39 is 0 Å². The molecule has 0 aromatic carbocycles. The molecule has 0 aromatic rings. The van der Waals surface area contributed by atoms with Gasteiger partial charge in [0.15, 0.2) is 0 Å². The first-order valence-electron chi connectivity index (χ1n) is 2.68. The Balaban J connectivity index is 2.86. The van der Waals surface area contributed by atoms with Gasteiger partial charge in [-0.25, -0.2) is 0 Å². The Morgan fingerprint density at radius 3 is 2.78 bits per heavy atom. The smallest absolute Gasteiger partial charge is 0.0847 e. The van der Waals surface area contributed by atoms with E-state index in [9.17, 15) is 0 Å². The van der Waals surface area contributed by atoms with Crippen LogP contribution >= 0.6 is 15.9 Å². The van der Waals surface area contributed by atoms with Crippen molar-refractivity contribution >= 4 is 15.9 Å². The fraction of sp³-hybridized carbons (Fsp3) is 0.143. The Bertz CT molecular complexity index is 191. The summed E-state index contributed by atoms with van der Waals surface area (Å²) in [5, 5.41) is 0. The minimum Gasteiger partial charge on any atom is -0.339 e. The first-order valence-corrected chi connectivity index (χ1v) is 3.47. The van der Waals surface area contributed by atoms with Crippen molar-refractivity contribution in [3.05, 3.63) is 35.1 Å². The van der Waals surface area contributed by atoms with Crippen LogP contribution in [0.4, 0.5) is 0 Å². The Hall–Kier alpha value is -0.500. The van der Waals surface area contributed by atoms with Crippen molar-refractivity contribution < 1.29 is 0 Å². The highest BCUT2D eigenvalue weighted by Gasteiger charge is 2.03. The second-order valence-electron chi connectivity index (χ2n) is 1.90. The zero-order valence-electron chi connectivity index (χ0n) is 5.26. The molecule has 0 saturated carbocycles. The van der Waals surface area contributed by atoms with E-state index in [0.29, 0.717) is 0 Å². The number of likely N-dealkylation sites (N-methyl/N-ethyl adjacent to an activating group) is 1. The lowest BCUT2D eigenvalue weighted by Crippen LogP contribution is -2.12. The third-order valence-electron chi connectivity index (χ3n) is 1.27. The maximum absolute atomic E-state index is 3.81. The van der Waals surface area contributed by atoms with Gasteiger partial charge in [-0.05, 0) is 28.1 Å². The Labute approximate surface area is 63.5 Å². The van der Waals surface area contributed by atoms with Gasteiger partial charge in [0, 0.05) is 12.7 Å². The monoisotopic (exact) mass is 185 g/mol. The van der Waals surface area contributed by atoms with Crippen LogP contribution in [-0.2, 0) is 0 Å². The standard InChI is InChI=1S/C7H8BrN/c1-6-4-3-5-7(8)9(6)2/h3-5H,1H2,2H3. The van der Waals surface area contributed by atoms with Crippen LogP contribution in [0.3, 0.4) is 0 Å². The van der Waals surface area contributed by atoms with Crippen LogP contribution in [0.25, 0.3) is 0 Å². The third kappa shape index (κ3) is 1.24. The summed E-state index contributed by atoms with van der Waals surface area (Å²) < 4.78 is 1.05. The lowest BCUT2D eigenvalue weighted by Gasteiger charge is -2.20. The molecule has 1 nitrogen and oxygen atoms in total. The van der Waals surface area contributed by atoms with Crippen molar-refractivity contribution in [2.75, 3.05) is 7.05 Å². The SMILES string of the molecule is C=C1C=CC=C(Br)N1C. The number of hydrogen-bond donors (Lipinski definition) is 0. The molecule has 9 heavy (non-hydrogen) atoms. The summed E-state index contributed by atoms with van der Waals surface area (Å²) in [5.74, 6) is 0. The summed E-state index contributed by atoms with van der Waals surface area (Å²) in [6.45, 7) is 3.81. The first kappa shape index (κ1) is 6.62. The summed E-state index contributed by atoms with van der Waals surface area (Å²) in [6, 6.07) is 0. The van der Waals surface area contributed by atoms with Gasteiger partial charge in [-0.3, -0.25) is 0 Å². The van der Waals surface area contributed by atoms with Crippen LogP contribution < -0.4 is 0 Å². The second kappa shape index (κ2) is 2.40. The molecule has 48 valence electrons. The number of halogens is 1. The quantitative estimate of drug-likeness (QED) is 0.524. The molecule has 0 unspecified atom stereocenters. The predicted molar refractivity (Wildman–Crippen MR) is 43.1 cm³/mol. The molecule has 2 heteroatoms. The second-order valence-corrected chi connectivity index (χ2v) is 2.71. The molecule has 1 rings (SSSR count). The van der Waals surface area contributed by atoms with Gasteiger partial charge in [-0.1, -0.05) is 12.7 Å². The molecule has 1 heterocycles. The highest BCUT2D eigenvalue weighted by atomic mass is 79.9. The maximum atomic E-state index is 3.81. The summed E-state index contributed by atoms with van der Waals surface area (Å²) >= 11 is 3.37. The minimum atomic E-state index is 1.00. The van der Waals surface area contributed by atoms with Crippen LogP contribution in [0.5, 0.6) is 0 Å². The maximum Gasteiger partial charge on any atom is 0.0847 e. The largest absolute Gasteiger partial charge is 0.339 e. The van der Waals surface area contributed by atoms with Crippen LogP contribution in [0.1, 0.15) is 0 Å². The summed E-state index contributed by atoms with van der Waals surface area (Å²) in [4.78, 5) is 1.97. The summed E-state index contributed by atoms with van der Waals surface area (Å²) in [5.41, 5.74) is 1.00. The van der Waals surface area contributed by atoms with Gasteiger partial charge in [0.2, 0.25) is 0 Å². The predicted octanol–water partition coefficient (Wildman–Crippen LogP) is 2.24. The van der Waals surface area contributed by atoms with Gasteiger partial charge >= 0.3 is 0 Å². The van der Waals surface area contributed by atoms with E-state index in [2.05, 4.69) is 22.5 Å².